The fraction of sp³-hybridized carbons (Fsp3) is 0.600. The SMILES string of the molecule is NC(=O)N1CNCC(=O)C1. The van der Waals surface area contributed by atoms with Crippen LogP contribution in [0.2, 0.25) is 0 Å². The molecule has 1 heterocycles. The summed E-state index contributed by atoms with van der Waals surface area (Å²) in [6.07, 6.45) is 0. The van der Waals surface area contributed by atoms with Crippen LogP contribution >= 0.6 is 0 Å². The number of carbonyl (C=O) groups excluding carboxylic acids is 2. The van der Waals surface area contributed by atoms with E-state index in [-0.39, 0.29) is 12.3 Å². The zero-order valence-corrected chi connectivity index (χ0v) is 5.46. The van der Waals surface area contributed by atoms with Gasteiger partial charge in [-0.05, 0) is 0 Å². The Balaban J connectivity index is 2.47. The lowest BCUT2D eigenvalue weighted by atomic mass is 10.3. The lowest BCUT2D eigenvalue weighted by molar-refractivity contribution is -0.120. The molecule has 5 nitrogen and oxygen atoms in total. The number of ketones is 1. The second-order valence-electron chi connectivity index (χ2n) is 2.16. The summed E-state index contributed by atoms with van der Waals surface area (Å²) in [6.45, 7) is 0.854. The average Bonchev–Trinajstić information content (AvgIpc) is 1.88. The Bertz CT molecular complexity index is 166. The Morgan fingerprint density at radius 3 is 2.80 bits per heavy atom. The Morgan fingerprint density at radius 2 is 2.40 bits per heavy atom. The third kappa shape index (κ3) is 1.44. The Morgan fingerprint density at radius 1 is 1.70 bits per heavy atom. The molecule has 0 bridgehead atoms. The van der Waals surface area contributed by atoms with Crippen LogP contribution in [-0.4, -0.2) is 36.5 Å². The number of hydrogen-bond donors (Lipinski definition) is 2. The third-order valence-electron chi connectivity index (χ3n) is 1.30. The summed E-state index contributed by atoms with van der Waals surface area (Å²) in [5, 5.41) is 2.74. The van der Waals surface area contributed by atoms with E-state index < -0.39 is 6.03 Å². The molecule has 1 aliphatic heterocycles. The monoisotopic (exact) mass is 143 g/mol. The van der Waals surface area contributed by atoms with Crippen molar-refractivity contribution in [3.05, 3.63) is 0 Å². The van der Waals surface area contributed by atoms with Crippen molar-refractivity contribution >= 4 is 11.8 Å². The van der Waals surface area contributed by atoms with Crippen molar-refractivity contribution in [2.45, 2.75) is 0 Å². The van der Waals surface area contributed by atoms with Crippen molar-refractivity contribution in [1.29, 1.82) is 0 Å². The van der Waals surface area contributed by atoms with Gasteiger partial charge in [-0.3, -0.25) is 10.1 Å². The minimum Gasteiger partial charge on any atom is -0.351 e. The van der Waals surface area contributed by atoms with Gasteiger partial charge < -0.3 is 10.6 Å². The normalized spacial score (nSPS) is 19.2. The molecule has 1 rings (SSSR count). The standard InChI is InChI=1S/C5H9N3O2/c6-5(10)8-2-4(9)1-7-3-8/h7H,1-3H2,(H2,6,10). The molecular formula is C5H9N3O2. The second kappa shape index (κ2) is 2.66. The number of amides is 2. The molecule has 56 valence electrons. The zero-order valence-electron chi connectivity index (χ0n) is 5.46. The first-order chi connectivity index (χ1) is 4.70. The number of primary amides is 1. The highest BCUT2D eigenvalue weighted by molar-refractivity contribution is 5.87. The minimum absolute atomic E-state index is 0.00921. The first-order valence-electron chi connectivity index (χ1n) is 2.97. The van der Waals surface area contributed by atoms with Gasteiger partial charge >= 0.3 is 6.03 Å². The molecule has 0 saturated carbocycles. The molecule has 5 heteroatoms. The summed E-state index contributed by atoms with van der Waals surface area (Å²) in [7, 11) is 0. The van der Waals surface area contributed by atoms with E-state index in [1.165, 1.54) is 4.90 Å². The molecule has 0 spiro atoms. The highest BCUT2D eigenvalue weighted by Gasteiger charge is 2.17. The Kier molecular flexibility index (Phi) is 1.86. The van der Waals surface area contributed by atoms with Crippen molar-refractivity contribution in [2.75, 3.05) is 19.8 Å². The van der Waals surface area contributed by atoms with Crippen LogP contribution in [0.5, 0.6) is 0 Å². The quantitative estimate of drug-likeness (QED) is 0.433. The van der Waals surface area contributed by atoms with E-state index in [0.717, 1.165) is 0 Å². The van der Waals surface area contributed by atoms with Gasteiger partial charge in [-0.15, -0.1) is 0 Å². The topological polar surface area (TPSA) is 75.4 Å². The maximum atomic E-state index is 10.7. The molecule has 0 aromatic rings. The zero-order chi connectivity index (χ0) is 7.56. The summed E-state index contributed by atoms with van der Waals surface area (Å²) >= 11 is 0. The van der Waals surface area contributed by atoms with E-state index in [2.05, 4.69) is 5.32 Å². The molecule has 2 amide bonds. The highest BCUT2D eigenvalue weighted by atomic mass is 16.2. The fourth-order valence-corrected chi connectivity index (χ4v) is 0.811. The van der Waals surface area contributed by atoms with E-state index in [1.54, 1.807) is 0 Å². The molecule has 3 N–H and O–H groups in total. The van der Waals surface area contributed by atoms with Crippen LogP contribution in [0.3, 0.4) is 0 Å². The van der Waals surface area contributed by atoms with E-state index >= 15 is 0 Å². The summed E-state index contributed by atoms with van der Waals surface area (Å²) in [4.78, 5) is 22.4. The van der Waals surface area contributed by atoms with E-state index in [4.69, 9.17) is 5.73 Å². The summed E-state index contributed by atoms with van der Waals surface area (Å²) in [5.74, 6) is -0.00921. The van der Waals surface area contributed by atoms with Gasteiger partial charge in [-0.2, -0.15) is 0 Å². The van der Waals surface area contributed by atoms with Crippen LogP contribution in [-0.2, 0) is 4.79 Å². The van der Waals surface area contributed by atoms with Crippen molar-refractivity contribution in [2.24, 2.45) is 5.73 Å². The highest BCUT2D eigenvalue weighted by Crippen LogP contribution is 1.90. The molecule has 10 heavy (non-hydrogen) atoms. The van der Waals surface area contributed by atoms with Gasteiger partial charge in [0.25, 0.3) is 0 Å². The summed E-state index contributed by atoms with van der Waals surface area (Å²) in [5.41, 5.74) is 4.92. The Hall–Kier alpha value is -1.10. The van der Waals surface area contributed by atoms with Crippen molar-refractivity contribution < 1.29 is 9.59 Å². The molecule has 0 unspecified atom stereocenters. The summed E-state index contributed by atoms with van der Waals surface area (Å²) in [6, 6.07) is -0.555. The smallest absolute Gasteiger partial charge is 0.316 e. The maximum absolute atomic E-state index is 10.7. The third-order valence-corrected chi connectivity index (χ3v) is 1.30. The van der Waals surface area contributed by atoms with Crippen molar-refractivity contribution in [3.63, 3.8) is 0 Å². The van der Waals surface area contributed by atoms with E-state index in [1.807, 2.05) is 0 Å². The Labute approximate surface area is 58.2 Å². The first kappa shape index (κ1) is 7.01. The van der Waals surface area contributed by atoms with E-state index in [9.17, 15) is 9.59 Å². The average molecular weight is 143 g/mol. The molecule has 0 aromatic carbocycles. The van der Waals surface area contributed by atoms with Gasteiger partial charge in [0, 0.05) is 0 Å². The van der Waals surface area contributed by atoms with Crippen molar-refractivity contribution in [1.82, 2.24) is 10.2 Å². The molecule has 0 atom stereocenters. The minimum atomic E-state index is -0.555. The summed E-state index contributed by atoms with van der Waals surface area (Å²) < 4.78 is 0. The largest absolute Gasteiger partial charge is 0.351 e. The van der Waals surface area contributed by atoms with Crippen LogP contribution in [0.1, 0.15) is 0 Å². The second-order valence-corrected chi connectivity index (χ2v) is 2.16. The van der Waals surface area contributed by atoms with Gasteiger partial charge in [0.05, 0.1) is 19.8 Å². The fourth-order valence-electron chi connectivity index (χ4n) is 0.811. The van der Waals surface area contributed by atoms with Gasteiger partial charge in [0.15, 0.2) is 5.78 Å². The van der Waals surface area contributed by atoms with Gasteiger partial charge in [0.2, 0.25) is 0 Å². The van der Waals surface area contributed by atoms with Crippen LogP contribution < -0.4 is 11.1 Å². The predicted molar refractivity (Wildman–Crippen MR) is 34.2 cm³/mol. The van der Waals surface area contributed by atoms with Gasteiger partial charge in [-0.25, -0.2) is 4.79 Å². The van der Waals surface area contributed by atoms with Crippen LogP contribution in [0.25, 0.3) is 0 Å². The van der Waals surface area contributed by atoms with E-state index in [0.29, 0.717) is 13.2 Å². The predicted octanol–water partition coefficient (Wildman–Crippen LogP) is -1.50. The molecule has 0 radical (unpaired) electrons. The number of rotatable bonds is 0. The molecule has 1 aliphatic rings. The number of Topliss-reactive ketones (excluding diaryl/α,β-unsaturated/α-hetero) is 1. The molecule has 0 aromatic heterocycles. The number of urea groups is 1. The first-order valence-corrected chi connectivity index (χ1v) is 2.97. The van der Waals surface area contributed by atoms with Gasteiger partial charge in [0.1, 0.15) is 0 Å². The number of hydrogen-bond acceptors (Lipinski definition) is 3. The van der Waals surface area contributed by atoms with Crippen LogP contribution in [0.15, 0.2) is 0 Å². The molecular weight excluding hydrogens is 134 g/mol. The lowest BCUT2D eigenvalue weighted by Gasteiger charge is -2.24. The lowest BCUT2D eigenvalue weighted by Crippen LogP contribution is -2.51. The van der Waals surface area contributed by atoms with Gasteiger partial charge in [-0.1, -0.05) is 0 Å². The van der Waals surface area contributed by atoms with Crippen LogP contribution in [0.4, 0.5) is 4.79 Å². The van der Waals surface area contributed by atoms with Crippen molar-refractivity contribution in [3.8, 4) is 0 Å². The molecule has 0 aliphatic carbocycles. The molecule has 1 fully saturated rings. The number of nitrogens with zero attached hydrogens (tertiary/aromatic N) is 1. The number of nitrogens with one attached hydrogen (secondary N) is 1. The number of nitrogens with two attached hydrogens (primary N) is 1. The molecule has 1 saturated heterocycles. The number of carbonyl (C=O) groups is 2. The van der Waals surface area contributed by atoms with Crippen LogP contribution in [0, 0.1) is 0 Å². The maximum Gasteiger partial charge on any atom is 0.316 e.